The quantitative estimate of drug-likeness (QED) is 0.852. The number of aromatic amines is 1. The number of hydrogen-bond donors (Lipinski definition) is 2. The van der Waals surface area contributed by atoms with Crippen LogP contribution in [0.2, 0.25) is 5.15 Å². The van der Waals surface area contributed by atoms with Gasteiger partial charge in [0.05, 0.1) is 0 Å². The maximum absolute atomic E-state index is 12.0. The van der Waals surface area contributed by atoms with Gasteiger partial charge in [-0.05, 0) is 32.4 Å². The number of nitrogens with zero attached hydrogens (tertiary/aromatic N) is 2. The minimum absolute atomic E-state index is 0.0754. The Labute approximate surface area is 128 Å². The lowest BCUT2D eigenvalue weighted by atomic mass is 10.1. The number of rotatable bonds is 4. The van der Waals surface area contributed by atoms with Gasteiger partial charge in [0, 0.05) is 29.8 Å². The van der Waals surface area contributed by atoms with Crippen molar-refractivity contribution >= 4 is 17.4 Å². The topological polar surface area (TPSA) is 70.7 Å². The van der Waals surface area contributed by atoms with E-state index < -0.39 is 0 Å². The standard InChI is InChI=1S/C15H19ClN4O/c1-5-12-19-13(16)10(4)14(20-12)17-7-11-8(2)6-9(3)18-15(11)21/h6H,5,7H2,1-4H3,(H,18,21)(H,17,19,20). The predicted octanol–water partition coefficient (Wildman–Crippen LogP) is 2.92. The largest absolute Gasteiger partial charge is 0.365 e. The first-order chi connectivity index (χ1) is 9.92. The monoisotopic (exact) mass is 306 g/mol. The molecular weight excluding hydrogens is 288 g/mol. The summed E-state index contributed by atoms with van der Waals surface area (Å²) in [5.74, 6) is 1.36. The summed E-state index contributed by atoms with van der Waals surface area (Å²) in [6.45, 7) is 8.03. The summed E-state index contributed by atoms with van der Waals surface area (Å²) in [7, 11) is 0. The Morgan fingerprint density at radius 1 is 1.29 bits per heavy atom. The molecule has 21 heavy (non-hydrogen) atoms. The second-order valence-electron chi connectivity index (χ2n) is 5.05. The number of aryl methyl sites for hydroxylation is 3. The van der Waals surface area contributed by atoms with Crippen LogP contribution in [0.15, 0.2) is 10.9 Å². The SMILES string of the molecule is CCc1nc(Cl)c(C)c(NCc2c(C)cc(C)[nH]c2=O)n1. The zero-order valence-corrected chi connectivity index (χ0v) is 13.4. The van der Waals surface area contributed by atoms with Gasteiger partial charge in [0.25, 0.3) is 5.56 Å². The van der Waals surface area contributed by atoms with Gasteiger partial charge in [-0.2, -0.15) is 0 Å². The molecule has 2 aromatic rings. The van der Waals surface area contributed by atoms with Crippen molar-refractivity contribution in [2.75, 3.05) is 5.32 Å². The molecule has 6 heteroatoms. The van der Waals surface area contributed by atoms with Crippen LogP contribution in [-0.4, -0.2) is 15.0 Å². The third kappa shape index (κ3) is 3.42. The molecule has 0 atom stereocenters. The summed E-state index contributed by atoms with van der Waals surface area (Å²) in [5, 5.41) is 3.63. The average molecular weight is 307 g/mol. The fraction of sp³-hybridized carbons (Fsp3) is 0.400. The smallest absolute Gasteiger partial charge is 0.253 e. The van der Waals surface area contributed by atoms with E-state index in [1.165, 1.54) is 0 Å². The fourth-order valence-electron chi connectivity index (χ4n) is 2.14. The molecule has 2 aromatic heterocycles. The Morgan fingerprint density at radius 2 is 2.00 bits per heavy atom. The van der Waals surface area contributed by atoms with Crippen molar-refractivity contribution in [3.63, 3.8) is 0 Å². The van der Waals surface area contributed by atoms with E-state index in [2.05, 4.69) is 20.3 Å². The van der Waals surface area contributed by atoms with Crippen molar-refractivity contribution in [3.05, 3.63) is 49.8 Å². The molecule has 0 aromatic carbocycles. The van der Waals surface area contributed by atoms with E-state index >= 15 is 0 Å². The van der Waals surface area contributed by atoms with Gasteiger partial charge in [-0.1, -0.05) is 18.5 Å². The maximum Gasteiger partial charge on any atom is 0.253 e. The van der Waals surface area contributed by atoms with Crippen LogP contribution >= 0.6 is 11.6 Å². The third-order valence-corrected chi connectivity index (χ3v) is 3.74. The lowest BCUT2D eigenvalue weighted by Gasteiger charge is -2.12. The molecule has 0 amide bonds. The number of nitrogens with one attached hydrogen (secondary N) is 2. The Bertz CT molecular complexity index is 724. The highest BCUT2D eigenvalue weighted by atomic mass is 35.5. The van der Waals surface area contributed by atoms with Gasteiger partial charge in [0.2, 0.25) is 0 Å². The van der Waals surface area contributed by atoms with Gasteiger partial charge in [-0.3, -0.25) is 4.79 Å². The van der Waals surface area contributed by atoms with Crippen molar-refractivity contribution in [3.8, 4) is 0 Å². The lowest BCUT2D eigenvalue weighted by molar-refractivity contribution is 0.917. The Morgan fingerprint density at radius 3 is 2.62 bits per heavy atom. The molecule has 2 N–H and O–H groups in total. The van der Waals surface area contributed by atoms with Crippen molar-refractivity contribution in [1.82, 2.24) is 15.0 Å². The van der Waals surface area contributed by atoms with Crippen molar-refractivity contribution in [1.29, 1.82) is 0 Å². The molecule has 5 nitrogen and oxygen atoms in total. The summed E-state index contributed by atoms with van der Waals surface area (Å²) in [5.41, 5.74) is 3.23. The van der Waals surface area contributed by atoms with Gasteiger partial charge >= 0.3 is 0 Å². The average Bonchev–Trinajstić information content (AvgIpc) is 2.41. The van der Waals surface area contributed by atoms with Crippen LogP contribution in [0.3, 0.4) is 0 Å². The van der Waals surface area contributed by atoms with Crippen LogP contribution in [0.5, 0.6) is 0 Å². The highest BCUT2D eigenvalue weighted by Gasteiger charge is 2.10. The Hall–Kier alpha value is -1.88. The number of H-pyrrole nitrogens is 1. The highest BCUT2D eigenvalue weighted by molar-refractivity contribution is 6.30. The molecule has 0 saturated carbocycles. The van der Waals surface area contributed by atoms with Crippen molar-refractivity contribution in [2.45, 2.75) is 40.7 Å². The van der Waals surface area contributed by atoms with Crippen LogP contribution < -0.4 is 10.9 Å². The lowest BCUT2D eigenvalue weighted by Crippen LogP contribution is -2.19. The Kier molecular flexibility index (Phi) is 4.63. The van der Waals surface area contributed by atoms with Gasteiger partial charge in [0.1, 0.15) is 16.8 Å². The minimum atomic E-state index is -0.0754. The zero-order chi connectivity index (χ0) is 15.6. The first kappa shape index (κ1) is 15.5. The molecule has 0 aliphatic heterocycles. The third-order valence-electron chi connectivity index (χ3n) is 3.38. The van der Waals surface area contributed by atoms with Crippen molar-refractivity contribution in [2.24, 2.45) is 0 Å². The molecule has 2 heterocycles. The van der Waals surface area contributed by atoms with Crippen LogP contribution in [0, 0.1) is 20.8 Å². The summed E-state index contributed by atoms with van der Waals surface area (Å²) in [4.78, 5) is 23.4. The molecule has 0 radical (unpaired) electrons. The van der Waals surface area contributed by atoms with Crippen LogP contribution in [0.25, 0.3) is 0 Å². The number of hydrogen-bond acceptors (Lipinski definition) is 4. The molecule has 0 spiro atoms. The van der Waals surface area contributed by atoms with E-state index in [0.29, 0.717) is 35.3 Å². The van der Waals surface area contributed by atoms with Crippen LogP contribution in [0.1, 0.15) is 35.1 Å². The molecular formula is C15H19ClN4O. The molecule has 0 unspecified atom stereocenters. The van der Waals surface area contributed by atoms with Gasteiger partial charge in [0.15, 0.2) is 0 Å². The number of anilines is 1. The van der Waals surface area contributed by atoms with Crippen LogP contribution in [0.4, 0.5) is 5.82 Å². The number of halogens is 1. The minimum Gasteiger partial charge on any atom is -0.365 e. The molecule has 2 rings (SSSR count). The molecule has 0 bridgehead atoms. The first-order valence-electron chi connectivity index (χ1n) is 6.88. The molecule has 0 aliphatic carbocycles. The fourth-order valence-corrected chi connectivity index (χ4v) is 2.32. The van der Waals surface area contributed by atoms with E-state index in [4.69, 9.17) is 11.6 Å². The second kappa shape index (κ2) is 6.26. The van der Waals surface area contributed by atoms with Gasteiger partial charge in [-0.15, -0.1) is 0 Å². The van der Waals surface area contributed by atoms with Crippen molar-refractivity contribution < 1.29 is 0 Å². The summed E-state index contributed by atoms with van der Waals surface area (Å²) in [6, 6.07) is 1.95. The highest BCUT2D eigenvalue weighted by Crippen LogP contribution is 2.20. The number of pyridine rings is 1. The van der Waals surface area contributed by atoms with E-state index in [0.717, 1.165) is 16.8 Å². The molecule has 0 saturated heterocycles. The van der Waals surface area contributed by atoms with Crippen LogP contribution in [-0.2, 0) is 13.0 Å². The first-order valence-corrected chi connectivity index (χ1v) is 7.26. The molecule has 112 valence electrons. The normalized spacial score (nSPS) is 10.7. The van der Waals surface area contributed by atoms with E-state index in [1.807, 2.05) is 33.8 Å². The summed E-state index contributed by atoms with van der Waals surface area (Å²) in [6.07, 6.45) is 0.707. The van der Waals surface area contributed by atoms with Gasteiger partial charge < -0.3 is 10.3 Å². The Balaban J connectivity index is 2.29. The van der Waals surface area contributed by atoms with Gasteiger partial charge in [-0.25, -0.2) is 9.97 Å². The van der Waals surface area contributed by atoms with E-state index in [1.54, 1.807) is 0 Å². The zero-order valence-electron chi connectivity index (χ0n) is 12.7. The second-order valence-corrected chi connectivity index (χ2v) is 5.41. The number of aromatic nitrogens is 3. The predicted molar refractivity (Wildman–Crippen MR) is 85.0 cm³/mol. The molecule has 0 aliphatic rings. The van der Waals surface area contributed by atoms with E-state index in [9.17, 15) is 4.79 Å². The summed E-state index contributed by atoms with van der Waals surface area (Å²) >= 11 is 6.10. The molecule has 0 fully saturated rings. The maximum atomic E-state index is 12.0. The van der Waals surface area contributed by atoms with E-state index in [-0.39, 0.29) is 5.56 Å². The summed E-state index contributed by atoms with van der Waals surface area (Å²) < 4.78 is 0.